The smallest absolute Gasteiger partial charge is 0.475 e. The Balaban J connectivity index is 0.000000654. The van der Waals surface area contributed by atoms with Crippen LogP contribution in [0.3, 0.4) is 0 Å². The van der Waals surface area contributed by atoms with Crippen LogP contribution in [0.2, 0.25) is 5.02 Å². The number of fused-ring (bicyclic) bond motifs is 4. The predicted molar refractivity (Wildman–Crippen MR) is 173 cm³/mol. The van der Waals surface area contributed by atoms with Crippen molar-refractivity contribution in [3.8, 4) is 22.4 Å². The molecule has 18 heteroatoms. The highest BCUT2D eigenvalue weighted by molar-refractivity contribution is 6.31. The molecule has 270 valence electrons. The Morgan fingerprint density at radius 3 is 2.47 bits per heavy atom. The van der Waals surface area contributed by atoms with Crippen LogP contribution in [-0.4, -0.2) is 65.1 Å². The number of rotatable bonds is 4. The number of benzene rings is 1. The highest BCUT2D eigenvalue weighted by Crippen LogP contribution is 2.40. The number of aromatic nitrogens is 5. The third kappa shape index (κ3) is 8.08. The van der Waals surface area contributed by atoms with Crippen LogP contribution in [0.1, 0.15) is 56.5 Å². The summed E-state index contributed by atoms with van der Waals surface area (Å²) in [5.41, 5.74) is 3.88. The van der Waals surface area contributed by atoms with E-state index >= 15 is 4.39 Å². The van der Waals surface area contributed by atoms with Crippen molar-refractivity contribution in [2.75, 3.05) is 11.9 Å². The largest absolute Gasteiger partial charge is 0.490 e. The van der Waals surface area contributed by atoms with Crippen LogP contribution in [0.4, 0.5) is 32.0 Å². The average molecular weight is 738 g/mol. The van der Waals surface area contributed by atoms with Crippen molar-refractivity contribution >= 4 is 40.6 Å². The van der Waals surface area contributed by atoms with Gasteiger partial charge in [-0.15, -0.1) is 0 Å². The van der Waals surface area contributed by atoms with E-state index in [1.807, 2.05) is 19.1 Å². The second-order valence-corrected chi connectivity index (χ2v) is 12.3. The first-order chi connectivity index (χ1) is 24.1. The van der Waals surface area contributed by atoms with Gasteiger partial charge in [-0.2, -0.15) is 32.1 Å². The van der Waals surface area contributed by atoms with Crippen LogP contribution in [-0.2, 0) is 21.4 Å². The lowest BCUT2D eigenvalue weighted by Crippen LogP contribution is -2.38. The normalized spacial score (nSPS) is 18.2. The van der Waals surface area contributed by atoms with E-state index in [1.165, 1.54) is 24.4 Å². The van der Waals surface area contributed by atoms with Crippen LogP contribution in [0.5, 0.6) is 0 Å². The molecule has 2 aliphatic heterocycles. The molecule has 4 aromatic rings. The van der Waals surface area contributed by atoms with E-state index in [1.54, 1.807) is 29.0 Å². The van der Waals surface area contributed by atoms with E-state index in [0.717, 1.165) is 17.5 Å². The molecule has 0 radical (unpaired) electrons. The fraction of sp³-hybridized carbons (Fsp3) is 0.333. The number of nitrogens with zero attached hydrogens (tertiary/aromatic N) is 6. The molecule has 51 heavy (non-hydrogen) atoms. The first-order valence-electron chi connectivity index (χ1n) is 15.5. The maximum Gasteiger partial charge on any atom is 0.490 e. The number of carboxylic acids is 1. The quantitative estimate of drug-likeness (QED) is 0.210. The molecular weight excluding hydrogens is 708 g/mol. The third-order valence-electron chi connectivity index (χ3n) is 8.50. The van der Waals surface area contributed by atoms with Gasteiger partial charge < -0.3 is 15.3 Å². The number of aliphatic carboxylic acids is 1. The molecule has 0 fully saturated rings. The van der Waals surface area contributed by atoms with Crippen molar-refractivity contribution in [1.82, 2.24) is 29.4 Å². The van der Waals surface area contributed by atoms with Crippen molar-refractivity contribution in [1.29, 1.82) is 0 Å². The lowest BCUT2D eigenvalue weighted by molar-refractivity contribution is -0.192. The van der Waals surface area contributed by atoms with Gasteiger partial charge >= 0.3 is 18.7 Å². The van der Waals surface area contributed by atoms with Gasteiger partial charge in [0.25, 0.3) is 0 Å². The van der Waals surface area contributed by atoms with Crippen molar-refractivity contribution < 1.29 is 45.8 Å². The van der Waals surface area contributed by atoms with E-state index in [9.17, 15) is 31.5 Å². The van der Waals surface area contributed by atoms with Gasteiger partial charge in [0.05, 0.1) is 40.5 Å². The first-order valence-corrected chi connectivity index (χ1v) is 15.9. The molecule has 3 aromatic heterocycles. The van der Waals surface area contributed by atoms with Crippen LogP contribution in [0.15, 0.2) is 55.1 Å². The summed E-state index contributed by atoms with van der Waals surface area (Å²) in [5, 5.41) is 18.0. The Labute approximate surface area is 291 Å². The molecule has 5 heterocycles. The zero-order valence-corrected chi connectivity index (χ0v) is 27.7. The number of halogens is 7. The zero-order valence-electron chi connectivity index (χ0n) is 27.0. The molecular formula is C33H30ClF6N7O4. The van der Waals surface area contributed by atoms with E-state index in [-0.39, 0.29) is 40.4 Å². The SMILES string of the molecule is C[C@@H]1CCC[C@H](N2CCC(c3c(-c4cnn(C(F)F)c4)ccc(Cl)c3F)=CC2=O)c2cc(ccn2)-c2c(cnn2C)NC1=O.O=C(O)C(F)(F)F. The average Bonchev–Trinajstić information content (AvgIpc) is 3.71. The Kier molecular flexibility index (Phi) is 10.9. The number of hydrogen-bond acceptors (Lipinski definition) is 6. The van der Waals surface area contributed by atoms with E-state index in [0.29, 0.717) is 52.9 Å². The number of hydrogen-bond donors (Lipinski definition) is 2. The molecule has 2 atom stereocenters. The maximum atomic E-state index is 15.5. The molecule has 11 nitrogen and oxygen atoms in total. The molecule has 0 saturated heterocycles. The van der Waals surface area contributed by atoms with Crippen LogP contribution < -0.4 is 5.32 Å². The number of carbonyl (C=O) groups excluding carboxylic acids is 2. The van der Waals surface area contributed by atoms with Crippen molar-refractivity contribution in [2.24, 2.45) is 13.0 Å². The first kappa shape index (κ1) is 37.1. The third-order valence-corrected chi connectivity index (χ3v) is 8.80. The van der Waals surface area contributed by atoms with Gasteiger partial charge in [0, 0.05) is 54.7 Å². The molecule has 1 aromatic carbocycles. The summed E-state index contributed by atoms with van der Waals surface area (Å²) in [4.78, 5) is 42.0. The summed E-state index contributed by atoms with van der Waals surface area (Å²) in [6, 6.07) is 6.23. The second-order valence-electron chi connectivity index (χ2n) is 11.9. The monoisotopic (exact) mass is 737 g/mol. The zero-order chi connectivity index (χ0) is 37.2. The highest BCUT2D eigenvalue weighted by atomic mass is 35.5. The summed E-state index contributed by atoms with van der Waals surface area (Å²) < 4.78 is 75.9. The molecule has 0 saturated carbocycles. The fourth-order valence-corrected chi connectivity index (χ4v) is 6.13. The van der Waals surface area contributed by atoms with Gasteiger partial charge in [0.1, 0.15) is 5.82 Å². The molecule has 2 N–H and O–H groups in total. The minimum Gasteiger partial charge on any atom is -0.475 e. The fourth-order valence-electron chi connectivity index (χ4n) is 5.97. The summed E-state index contributed by atoms with van der Waals surface area (Å²) in [6.07, 6.45) is 4.07. The number of amides is 2. The number of pyridine rings is 1. The topological polar surface area (TPSA) is 135 Å². The molecule has 2 aliphatic rings. The second kappa shape index (κ2) is 15.0. The molecule has 0 aliphatic carbocycles. The standard InChI is InChI=1S/C31H29ClF3N7O2.C2HF3O2/c1-17-4-3-5-25(23-12-19(8-10-36-23)29-24(39-30(17)44)15-37-40(29)2)41-11-9-18(13-26(41)43)27-21(6-7-22(32)28(27)33)20-14-38-42(16-20)31(34)35;3-2(4,5)1(6)7/h6-8,10,12-17,25,31H,3-5,9,11H2,1-2H3,(H,39,44);(H,6,7)/t17-,25+;/m1./s1. The van der Waals surface area contributed by atoms with Crippen LogP contribution in [0, 0.1) is 11.7 Å². The number of alkyl halides is 5. The lowest BCUT2D eigenvalue weighted by atomic mass is 9.90. The summed E-state index contributed by atoms with van der Waals surface area (Å²) in [6.45, 7) is -0.726. The van der Waals surface area contributed by atoms with Gasteiger partial charge in [-0.05, 0) is 48.6 Å². The number of carbonyl (C=O) groups is 3. The van der Waals surface area contributed by atoms with Crippen LogP contribution in [0.25, 0.3) is 28.0 Å². The van der Waals surface area contributed by atoms with Crippen LogP contribution >= 0.6 is 11.6 Å². The molecule has 6 rings (SSSR count). The molecule has 0 spiro atoms. The van der Waals surface area contributed by atoms with E-state index in [4.69, 9.17) is 21.5 Å². The molecule has 0 unspecified atom stereocenters. The van der Waals surface area contributed by atoms with Gasteiger partial charge in [-0.1, -0.05) is 31.0 Å². The van der Waals surface area contributed by atoms with Gasteiger partial charge in [0.15, 0.2) is 0 Å². The van der Waals surface area contributed by atoms with E-state index < -0.39 is 30.6 Å². The lowest BCUT2D eigenvalue weighted by Gasteiger charge is -2.35. The predicted octanol–water partition coefficient (Wildman–Crippen LogP) is 7.28. The Morgan fingerprint density at radius 2 is 1.82 bits per heavy atom. The van der Waals surface area contributed by atoms with Gasteiger partial charge in [-0.3, -0.25) is 19.3 Å². The number of carboxylic acid groups (broad SMARTS) is 1. The summed E-state index contributed by atoms with van der Waals surface area (Å²) in [5.74, 6) is -4.20. The highest BCUT2D eigenvalue weighted by Gasteiger charge is 2.38. The van der Waals surface area contributed by atoms with Crippen molar-refractivity contribution in [2.45, 2.75) is 51.4 Å². The minimum atomic E-state index is -5.08. The molecule has 2 amide bonds. The van der Waals surface area contributed by atoms with Gasteiger partial charge in [-0.25, -0.2) is 13.9 Å². The summed E-state index contributed by atoms with van der Waals surface area (Å²) >= 11 is 6.14. The Hall–Kier alpha value is -5.19. The Morgan fingerprint density at radius 1 is 1.10 bits per heavy atom. The van der Waals surface area contributed by atoms with E-state index in [2.05, 4.69) is 20.5 Å². The summed E-state index contributed by atoms with van der Waals surface area (Å²) in [7, 11) is 1.79. The molecule has 2 bridgehead atoms. The van der Waals surface area contributed by atoms with Crippen molar-refractivity contribution in [3.63, 3.8) is 0 Å². The minimum absolute atomic E-state index is 0.0849. The Bertz CT molecular complexity index is 1990. The number of aryl methyl sites for hydroxylation is 1. The number of anilines is 1. The number of nitrogens with one attached hydrogen (secondary N) is 1. The van der Waals surface area contributed by atoms with Gasteiger partial charge in [0.2, 0.25) is 11.8 Å². The van der Waals surface area contributed by atoms with Crippen molar-refractivity contribution in [3.05, 3.63) is 77.2 Å². The maximum absolute atomic E-state index is 15.5.